The lowest BCUT2D eigenvalue weighted by Gasteiger charge is -2.29. The van der Waals surface area contributed by atoms with E-state index in [1.54, 1.807) is 22.2 Å². The number of alkyl carbamates (subject to hydrolysis) is 2. The fourth-order valence-corrected chi connectivity index (χ4v) is 5.72. The summed E-state index contributed by atoms with van der Waals surface area (Å²) in [6, 6.07) is -1.93. The van der Waals surface area contributed by atoms with E-state index < -0.39 is 24.3 Å². The van der Waals surface area contributed by atoms with Crippen LogP contribution in [0.3, 0.4) is 0 Å². The van der Waals surface area contributed by atoms with Gasteiger partial charge in [0.05, 0.1) is 38.7 Å². The Morgan fingerprint density at radius 1 is 0.750 bits per heavy atom. The number of imidazole rings is 2. The number of halogens is 2. The van der Waals surface area contributed by atoms with Gasteiger partial charge in [-0.2, -0.15) is 0 Å². The van der Waals surface area contributed by atoms with Crippen molar-refractivity contribution in [2.75, 3.05) is 27.3 Å². The van der Waals surface area contributed by atoms with Crippen LogP contribution in [0.5, 0.6) is 0 Å². The Bertz CT molecular complexity index is 1440. The zero-order valence-corrected chi connectivity index (χ0v) is 29.5. The van der Waals surface area contributed by atoms with Crippen molar-refractivity contribution in [3.05, 3.63) is 35.4 Å². The highest BCUT2D eigenvalue weighted by atomic mass is 35.5. The van der Waals surface area contributed by atoms with Crippen LogP contribution < -0.4 is 10.6 Å². The number of H-pyrrole nitrogens is 2. The molecule has 2 saturated heterocycles. The smallest absolute Gasteiger partial charge is 0.407 e. The first-order chi connectivity index (χ1) is 22.0. The topological polar surface area (TPSA) is 175 Å². The van der Waals surface area contributed by atoms with Gasteiger partial charge in [-0.1, -0.05) is 27.7 Å². The molecule has 0 radical (unpaired) electrons. The SMILES string of the molecule is COC(=O)N[C@H](C(=O)N1CCC[C@H]1c1ncc(C#CC#Cc2cnc([C@@H]3CCCN3C(=O)[C@@H](NC(=O)OC)C(C)C)[nH]2)[nH]1)C(C)C.Cl.Cl. The van der Waals surface area contributed by atoms with Crippen LogP contribution in [-0.4, -0.2) is 93.1 Å². The molecule has 0 bridgehead atoms. The van der Waals surface area contributed by atoms with E-state index in [0.29, 0.717) is 36.1 Å². The number of likely N-dealkylation sites (tertiary alicyclic amines) is 2. The molecule has 2 aliphatic heterocycles. The molecular weight excluding hydrogens is 663 g/mol. The summed E-state index contributed by atoms with van der Waals surface area (Å²) in [5.41, 5.74) is 1.12. The van der Waals surface area contributed by atoms with Gasteiger partial charge in [-0.25, -0.2) is 19.6 Å². The summed E-state index contributed by atoms with van der Waals surface area (Å²) in [5.74, 6) is 12.2. The number of hydrogen-bond acceptors (Lipinski definition) is 8. The van der Waals surface area contributed by atoms with Crippen molar-refractivity contribution in [2.45, 2.75) is 77.5 Å². The van der Waals surface area contributed by atoms with Gasteiger partial charge in [-0.15, -0.1) is 24.8 Å². The molecule has 16 heteroatoms. The number of amides is 4. The first-order valence-electron chi connectivity index (χ1n) is 15.5. The van der Waals surface area contributed by atoms with Gasteiger partial charge >= 0.3 is 12.2 Å². The maximum atomic E-state index is 13.3. The molecule has 0 unspecified atom stereocenters. The molecule has 2 aromatic heterocycles. The summed E-state index contributed by atoms with van der Waals surface area (Å²) in [4.78, 5) is 69.1. The van der Waals surface area contributed by atoms with E-state index in [9.17, 15) is 19.2 Å². The maximum absolute atomic E-state index is 13.3. The number of carbonyl (C=O) groups excluding carboxylic acids is 4. The van der Waals surface area contributed by atoms with Crippen LogP contribution in [0.4, 0.5) is 9.59 Å². The van der Waals surface area contributed by atoms with Crippen molar-refractivity contribution >= 4 is 48.8 Å². The van der Waals surface area contributed by atoms with Gasteiger partial charge in [0.2, 0.25) is 11.8 Å². The summed E-state index contributed by atoms with van der Waals surface area (Å²) in [5, 5.41) is 5.29. The lowest BCUT2D eigenvalue weighted by Crippen LogP contribution is -2.51. The van der Waals surface area contributed by atoms with Gasteiger partial charge in [0, 0.05) is 13.1 Å². The number of carbonyl (C=O) groups is 4. The Morgan fingerprint density at radius 3 is 1.46 bits per heavy atom. The molecule has 262 valence electrons. The van der Waals surface area contributed by atoms with Crippen LogP contribution >= 0.6 is 24.8 Å². The van der Waals surface area contributed by atoms with E-state index in [-0.39, 0.29) is 60.5 Å². The Morgan fingerprint density at radius 2 is 1.12 bits per heavy atom. The second kappa shape index (κ2) is 18.2. The molecule has 14 nitrogen and oxygen atoms in total. The van der Waals surface area contributed by atoms with Gasteiger partial charge in [0.1, 0.15) is 35.1 Å². The minimum atomic E-state index is -0.710. The fourth-order valence-electron chi connectivity index (χ4n) is 5.72. The molecular formula is C32H44Cl2N8O6. The predicted molar refractivity (Wildman–Crippen MR) is 181 cm³/mol. The van der Waals surface area contributed by atoms with E-state index >= 15 is 0 Å². The van der Waals surface area contributed by atoms with Crippen molar-refractivity contribution in [1.82, 2.24) is 40.4 Å². The Kier molecular flexibility index (Phi) is 15.1. The standard InChI is InChI=1S/C32H42N8O6.2ClH/c1-19(2)25(37-31(43)45-5)29(41)39-15-9-13-23(39)27-33-17-21(35-27)11-7-8-12-22-18-34-28(36-22)24-14-10-16-40(24)30(42)26(20(3)4)38-32(44)46-6;;/h17-20,23-26H,9-10,13-16H2,1-6H3,(H,33,35)(H,34,36)(H,37,43)(H,38,44);2*1H/t23-,24-,25-,26-;;/m0../s1. The van der Waals surface area contributed by atoms with Gasteiger partial charge < -0.3 is 39.9 Å². The number of aromatic amines is 2. The number of nitrogens with one attached hydrogen (secondary N) is 4. The van der Waals surface area contributed by atoms with Crippen LogP contribution in [0.2, 0.25) is 0 Å². The minimum Gasteiger partial charge on any atom is -0.453 e. The summed E-state index contributed by atoms with van der Waals surface area (Å²) in [6.45, 7) is 8.60. The number of rotatable bonds is 8. The molecule has 0 aromatic carbocycles. The van der Waals surface area contributed by atoms with Crippen molar-refractivity contribution in [3.63, 3.8) is 0 Å². The van der Waals surface area contributed by atoms with Gasteiger partial charge in [0.25, 0.3) is 0 Å². The molecule has 0 aliphatic carbocycles. The number of ether oxygens (including phenoxy) is 2. The highest BCUT2D eigenvalue weighted by molar-refractivity contribution is 5.87. The number of hydrogen-bond donors (Lipinski definition) is 4. The Balaban J connectivity index is 0.00000400. The molecule has 4 N–H and O–H groups in total. The van der Waals surface area contributed by atoms with Crippen molar-refractivity contribution < 1.29 is 28.7 Å². The number of aromatic nitrogens is 4. The second-order valence-electron chi connectivity index (χ2n) is 12.0. The zero-order valence-electron chi connectivity index (χ0n) is 27.9. The molecule has 4 rings (SSSR count). The van der Waals surface area contributed by atoms with Crippen LogP contribution in [-0.2, 0) is 19.1 Å². The molecule has 2 aliphatic rings. The highest BCUT2D eigenvalue weighted by Crippen LogP contribution is 2.32. The van der Waals surface area contributed by atoms with Crippen LogP contribution in [0.15, 0.2) is 12.4 Å². The third-order valence-corrected chi connectivity index (χ3v) is 8.13. The number of methoxy groups -OCH3 is 2. The molecule has 2 fully saturated rings. The minimum absolute atomic E-state index is 0. The third-order valence-electron chi connectivity index (χ3n) is 8.13. The summed E-state index contributed by atoms with van der Waals surface area (Å²) in [6.07, 6.45) is 5.02. The van der Waals surface area contributed by atoms with Gasteiger partial charge in [-0.3, -0.25) is 9.59 Å². The lowest BCUT2D eigenvalue weighted by molar-refractivity contribution is -0.136. The van der Waals surface area contributed by atoms with E-state index in [0.717, 1.165) is 25.7 Å². The van der Waals surface area contributed by atoms with Crippen molar-refractivity contribution in [1.29, 1.82) is 0 Å². The van der Waals surface area contributed by atoms with E-state index in [1.165, 1.54) is 14.2 Å². The van der Waals surface area contributed by atoms with Gasteiger partial charge in [-0.05, 0) is 61.2 Å². The predicted octanol–water partition coefficient (Wildman–Crippen LogP) is 3.47. The van der Waals surface area contributed by atoms with Crippen LogP contribution in [0.25, 0.3) is 0 Å². The Hall–Kier alpha value is -4.40. The number of nitrogens with zero attached hydrogens (tertiary/aromatic N) is 4. The Labute approximate surface area is 293 Å². The fraction of sp³-hybridized carbons (Fsp3) is 0.562. The first kappa shape index (κ1) is 39.8. The molecule has 2 aromatic rings. The molecule has 0 spiro atoms. The molecule has 4 amide bonds. The summed E-state index contributed by atoms with van der Waals surface area (Å²) in [7, 11) is 2.53. The second-order valence-corrected chi connectivity index (χ2v) is 12.0. The average molecular weight is 708 g/mol. The molecule has 0 saturated carbocycles. The van der Waals surface area contributed by atoms with Crippen LogP contribution in [0.1, 0.15) is 88.5 Å². The molecule has 4 atom stereocenters. The largest absolute Gasteiger partial charge is 0.453 e. The molecule has 48 heavy (non-hydrogen) atoms. The summed E-state index contributed by atoms with van der Waals surface area (Å²) >= 11 is 0. The quantitative estimate of drug-likeness (QED) is 0.302. The van der Waals surface area contributed by atoms with Crippen molar-refractivity contribution in [3.8, 4) is 23.7 Å². The average Bonchev–Trinajstić information content (AvgIpc) is 3.86. The summed E-state index contributed by atoms with van der Waals surface area (Å²) < 4.78 is 9.40. The monoisotopic (exact) mass is 706 g/mol. The van der Waals surface area contributed by atoms with Crippen LogP contribution in [0, 0.1) is 35.5 Å². The first-order valence-corrected chi connectivity index (χ1v) is 15.5. The van der Waals surface area contributed by atoms with E-state index in [2.05, 4.69) is 54.3 Å². The highest BCUT2D eigenvalue weighted by Gasteiger charge is 2.38. The van der Waals surface area contributed by atoms with Gasteiger partial charge in [0.15, 0.2) is 0 Å². The van der Waals surface area contributed by atoms with E-state index in [1.807, 2.05) is 27.7 Å². The zero-order chi connectivity index (χ0) is 33.4. The molecule has 4 heterocycles. The van der Waals surface area contributed by atoms with Crippen molar-refractivity contribution in [2.24, 2.45) is 11.8 Å². The normalized spacial score (nSPS) is 17.9. The lowest BCUT2D eigenvalue weighted by atomic mass is 10.0. The third kappa shape index (κ3) is 9.58. The van der Waals surface area contributed by atoms with E-state index in [4.69, 9.17) is 9.47 Å². The maximum Gasteiger partial charge on any atom is 0.407 e.